The summed E-state index contributed by atoms with van der Waals surface area (Å²) in [4.78, 5) is 5.01. The molecule has 3 heterocycles. The van der Waals surface area contributed by atoms with E-state index in [0.717, 1.165) is 60.9 Å². The SMILES string of the molecule is O=S1(=O)c2ccccc2C(c2ccccc2)(c2ccc3c(c2)c2ccccc2n3-c2ccccc2)c2cc(-c3cccnc3)ccc21. The zero-order chi connectivity index (χ0) is 31.6. The van der Waals surface area contributed by atoms with Crippen LogP contribution in [0.5, 0.6) is 0 Å². The van der Waals surface area contributed by atoms with Crippen molar-refractivity contribution in [2.24, 2.45) is 0 Å². The highest BCUT2D eigenvalue weighted by atomic mass is 32.2. The van der Waals surface area contributed by atoms with Crippen LogP contribution in [0.4, 0.5) is 0 Å². The third-order valence-electron chi connectivity index (χ3n) is 9.58. The number of pyridine rings is 1. The fraction of sp³-hybridized carbons (Fsp3) is 0.0238. The molecule has 9 rings (SSSR count). The van der Waals surface area contributed by atoms with E-state index >= 15 is 0 Å². The summed E-state index contributed by atoms with van der Waals surface area (Å²) in [6.07, 6.45) is 3.57. The number of hydrogen-bond acceptors (Lipinski definition) is 3. The van der Waals surface area contributed by atoms with E-state index in [2.05, 4.69) is 94.5 Å². The Balaban J connectivity index is 1.44. The lowest BCUT2D eigenvalue weighted by Crippen LogP contribution is -2.37. The molecule has 1 atom stereocenters. The van der Waals surface area contributed by atoms with Gasteiger partial charge < -0.3 is 4.57 Å². The molecular weight excluding hydrogens is 597 g/mol. The van der Waals surface area contributed by atoms with Crippen molar-refractivity contribution < 1.29 is 8.42 Å². The van der Waals surface area contributed by atoms with Gasteiger partial charge in [-0.3, -0.25) is 4.98 Å². The maximum atomic E-state index is 14.4. The Labute approximate surface area is 273 Å². The number of hydrogen-bond donors (Lipinski definition) is 0. The second-order valence-corrected chi connectivity index (χ2v) is 13.9. The van der Waals surface area contributed by atoms with E-state index in [1.807, 2.05) is 66.9 Å². The topological polar surface area (TPSA) is 52.0 Å². The van der Waals surface area contributed by atoms with E-state index in [4.69, 9.17) is 0 Å². The Hall–Kier alpha value is -5.78. The Kier molecular flexibility index (Phi) is 6.08. The molecule has 1 aliphatic rings. The van der Waals surface area contributed by atoms with Crippen molar-refractivity contribution in [2.45, 2.75) is 15.2 Å². The van der Waals surface area contributed by atoms with Gasteiger partial charge in [0.15, 0.2) is 0 Å². The van der Waals surface area contributed by atoms with E-state index in [0.29, 0.717) is 9.79 Å². The zero-order valence-electron chi connectivity index (χ0n) is 25.3. The van der Waals surface area contributed by atoms with Crippen LogP contribution in [-0.2, 0) is 15.3 Å². The minimum Gasteiger partial charge on any atom is -0.309 e. The summed E-state index contributed by atoms with van der Waals surface area (Å²) >= 11 is 0. The van der Waals surface area contributed by atoms with Crippen molar-refractivity contribution in [1.82, 2.24) is 9.55 Å². The van der Waals surface area contributed by atoms with Crippen LogP contribution >= 0.6 is 0 Å². The fourth-order valence-corrected chi connectivity index (χ4v) is 9.34. The molecule has 0 fully saturated rings. The summed E-state index contributed by atoms with van der Waals surface area (Å²) in [6.45, 7) is 0. The molecule has 5 heteroatoms. The number of fused-ring (bicyclic) bond motifs is 5. The van der Waals surface area contributed by atoms with Crippen LogP contribution in [0.2, 0.25) is 0 Å². The predicted octanol–water partition coefficient (Wildman–Crippen LogP) is 9.37. The third-order valence-corrected chi connectivity index (χ3v) is 11.4. The Morgan fingerprint density at radius 2 is 1.21 bits per heavy atom. The summed E-state index contributed by atoms with van der Waals surface area (Å²) in [6, 6.07) is 53.0. The second kappa shape index (κ2) is 10.4. The highest BCUT2D eigenvalue weighted by Gasteiger charge is 2.49. The molecule has 0 N–H and O–H groups in total. The first-order chi connectivity index (χ1) is 23.1. The summed E-state index contributed by atoms with van der Waals surface area (Å²) in [7, 11) is -3.82. The van der Waals surface area contributed by atoms with Crippen LogP contribution in [0.15, 0.2) is 180 Å². The summed E-state index contributed by atoms with van der Waals surface area (Å²) < 4.78 is 31.2. The number of rotatable bonds is 4. The average molecular weight is 625 g/mol. The molecule has 1 aliphatic heterocycles. The molecule has 224 valence electrons. The zero-order valence-corrected chi connectivity index (χ0v) is 26.1. The van der Waals surface area contributed by atoms with Gasteiger partial charge in [0, 0.05) is 28.9 Å². The number of para-hydroxylation sites is 2. The minimum absolute atomic E-state index is 0.319. The van der Waals surface area contributed by atoms with Crippen molar-refractivity contribution in [3.63, 3.8) is 0 Å². The molecular formula is C42H28N2O2S. The van der Waals surface area contributed by atoms with Gasteiger partial charge in [-0.05, 0) is 88.0 Å². The standard InChI is InChI=1S/C42H28N2O2S/c45-47(46)40-20-10-8-18-36(40)42(31-13-3-1-4-14-31,37-26-29(21-24-41(37)47)30-12-11-25-43-28-30)32-22-23-39-35(27-32)34-17-7-9-19-38(34)44(39)33-15-5-2-6-16-33/h1-28H. The van der Waals surface area contributed by atoms with E-state index in [1.54, 1.807) is 18.3 Å². The van der Waals surface area contributed by atoms with Gasteiger partial charge >= 0.3 is 0 Å². The van der Waals surface area contributed by atoms with Crippen molar-refractivity contribution in [2.75, 3.05) is 0 Å². The first-order valence-corrected chi connectivity index (χ1v) is 17.1. The average Bonchev–Trinajstić information content (AvgIpc) is 3.47. The molecule has 1 unspecified atom stereocenters. The molecule has 0 bridgehead atoms. The molecule has 0 saturated heterocycles. The Morgan fingerprint density at radius 1 is 0.511 bits per heavy atom. The number of benzene rings is 6. The molecule has 0 aliphatic carbocycles. The van der Waals surface area contributed by atoms with Gasteiger partial charge in [-0.1, -0.05) is 103 Å². The first kappa shape index (κ1) is 27.5. The quantitative estimate of drug-likeness (QED) is 0.196. The van der Waals surface area contributed by atoms with Crippen LogP contribution in [-0.4, -0.2) is 18.0 Å². The van der Waals surface area contributed by atoms with Gasteiger partial charge in [-0.25, -0.2) is 8.42 Å². The van der Waals surface area contributed by atoms with Gasteiger partial charge in [0.2, 0.25) is 9.84 Å². The van der Waals surface area contributed by atoms with E-state index in [-0.39, 0.29) is 0 Å². The normalized spacial score (nSPS) is 16.5. The van der Waals surface area contributed by atoms with Gasteiger partial charge in [0.1, 0.15) is 0 Å². The lowest BCUT2D eigenvalue weighted by atomic mass is 9.64. The maximum absolute atomic E-state index is 14.4. The summed E-state index contributed by atoms with van der Waals surface area (Å²) in [5.41, 5.74) is 7.67. The maximum Gasteiger partial charge on any atom is 0.207 e. The van der Waals surface area contributed by atoms with E-state index < -0.39 is 15.3 Å². The van der Waals surface area contributed by atoms with Crippen LogP contribution in [0.25, 0.3) is 38.6 Å². The minimum atomic E-state index is -3.82. The van der Waals surface area contributed by atoms with Gasteiger partial charge in [-0.15, -0.1) is 0 Å². The Morgan fingerprint density at radius 3 is 2.02 bits per heavy atom. The smallest absolute Gasteiger partial charge is 0.207 e. The monoisotopic (exact) mass is 624 g/mol. The summed E-state index contributed by atoms with van der Waals surface area (Å²) in [5, 5.41) is 2.24. The fourth-order valence-electron chi connectivity index (χ4n) is 7.58. The highest BCUT2D eigenvalue weighted by Crippen LogP contribution is 2.54. The lowest BCUT2D eigenvalue weighted by molar-refractivity contribution is 0.579. The van der Waals surface area contributed by atoms with E-state index in [1.165, 1.54) is 0 Å². The molecule has 4 nitrogen and oxygen atoms in total. The number of sulfone groups is 1. The van der Waals surface area contributed by atoms with Crippen LogP contribution in [0.1, 0.15) is 22.3 Å². The molecule has 2 aromatic heterocycles. The van der Waals surface area contributed by atoms with Crippen molar-refractivity contribution >= 4 is 31.6 Å². The number of nitrogens with zero attached hydrogens (tertiary/aromatic N) is 2. The van der Waals surface area contributed by atoms with Crippen LogP contribution < -0.4 is 0 Å². The third kappa shape index (κ3) is 3.93. The predicted molar refractivity (Wildman–Crippen MR) is 188 cm³/mol. The van der Waals surface area contributed by atoms with Gasteiger partial charge in [0.05, 0.1) is 26.2 Å². The molecule has 0 saturated carbocycles. The van der Waals surface area contributed by atoms with Gasteiger partial charge in [-0.2, -0.15) is 0 Å². The number of aromatic nitrogens is 2. The Bertz CT molecular complexity index is 2580. The van der Waals surface area contributed by atoms with Crippen LogP contribution in [0, 0.1) is 0 Å². The highest BCUT2D eigenvalue weighted by molar-refractivity contribution is 7.91. The van der Waals surface area contributed by atoms with Gasteiger partial charge in [0.25, 0.3) is 0 Å². The second-order valence-electron chi connectivity index (χ2n) is 12.0. The summed E-state index contributed by atoms with van der Waals surface area (Å²) in [5.74, 6) is 0. The lowest BCUT2D eigenvalue weighted by Gasteiger charge is -2.42. The van der Waals surface area contributed by atoms with Crippen molar-refractivity contribution in [3.8, 4) is 16.8 Å². The molecule has 0 radical (unpaired) electrons. The first-order valence-electron chi connectivity index (χ1n) is 15.6. The van der Waals surface area contributed by atoms with Crippen LogP contribution in [0.3, 0.4) is 0 Å². The molecule has 8 aromatic rings. The molecule has 47 heavy (non-hydrogen) atoms. The molecule has 6 aromatic carbocycles. The molecule has 0 spiro atoms. The van der Waals surface area contributed by atoms with E-state index in [9.17, 15) is 8.42 Å². The molecule has 0 amide bonds. The van der Waals surface area contributed by atoms with Crippen molar-refractivity contribution in [1.29, 1.82) is 0 Å². The largest absolute Gasteiger partial charge is 0.309 e. The van der Waals surface area contributed by atoms with Crippen molar-refractivity contribution in [3.05, 3.63) is 192 Å².